The predicted molar refractivity (Wildman–Crippen MR) is 124 cm³/mol. The summed E-state index contributed by atoms with van der Waals surface area (Å²) in [7, 11) is 0. The Balaban J connectivity index is 1.55. The van der Waals surface area contributed by atoms with Crippen LogP contribution in [0.4, 0.5) is 5.69 Å². The van der Waals surface area contributed by atoms with Crippen molar-refractivity contribution < 1.29 is 9.59 Å². The molecule has 3 aromatic carbocycles. The average Bonchev–Trinajstić information content (AvgIpc) is 3.23. The van der Waals surface area contributed by atoms with E-state index >= 15 is 0 Å². The zero-order valence-corrected chi connectivity index (χ0v) is 18.0. The van der Waals surface area contributed by atoms with Gasteiger partial charge in [-0.15, -0.1) is 0 Å². The van der Waals surface area contributed by atoms with Crippen molar-refractivity contribution >= 4 is 17.5 Å². The molecule has 0 radical (unpaired) electrons. The van der Waals surface area contributed by atoms with E-state index in [1.807, 2.05) is 66.4 Å². The number of carbonyl (C=O) groups is 2. The number of carbonyl (C=O) groups excluding carboxylic acids is 2. The highest BCUT2D eigenvalue weighted by Gasteiger charge is 2.26. The SMILES string of the molecule is CCC(=O)N1CCc2cc(C(=O)NC(C)C(c3ccccc3)c3ccccc3)ccc21. The number of anilines is 1. The van der Waals surface area contributed by atoms with Crippen LogP contribution in [0.15, 0.2) is 78.9 Å². The fourth-order valence-electron chi connectivity index (χ4n) is 4.46. The lowest BCUT2D eigenvalue weighted by molar-refractivity contribution is -0.118. The van der Waals surface area contributed by atoms with Crippen LogP contribution >= 0.6 is 0 Å². The second kappa shape index (κ2) is 9.17. The number of nitrogens with one attached hydrogen (secondary N) is 1. The van der Waals surface area contributed by atoms with Gasteiger partial charge in [0.25, 0.3) is 5.91 Å². The zero-order chi connectivity index (χ0) is 21.8. The minimum Gasteiger partial charge on any atom is -0.349 e. The third-order valence-electron chi connectivity index (χ3n) is 6.02. The second-order valence-corrected chi connectivity index (χ2v) is 8.05. The lowest BCUT2D eigenvalue weighted by Crippen LogP contribution is -2.37. The van der Waals surface area contributed by atoms with Crippen LogP contribution in [0.25, 0.3) is 0 Å². The summed E-state index contributed by atoms with van der Waals surface area (Å²) in [6.45, 7) is 4.62. The predicted octanol–water partition coefficient (Wildman–Crippen LogP) is 4.94. The number of amides is 2. The van der Waals surface area contributed by atoms with Crippen molar-refractivity contribution in [2.45, 2.75) is 38.6 Å². The van der Waals surface area contributed by atoms with Gasteiger partial charge < -0.3 is 10.2 Å². The maximum atomic E-state index is 13.1. The Morgan fingerprint density at radius 1 is 0.935 bits per heavy atom. The molecule has 158 valence electrons. The van der Waals surface area contributed by atoms with Gasteiger partial charge >= 0.3 is 0 Å². The Morgan fingerprint density at radius 2 is 1.55 bits per heavy atom. The lowest BCUT2D eigenvalue weighted by atomic mass is 9.85. The molecule has 3 aromatic rings. The molecule has 2 amide bonds. The molecule has 0 saturated carbocycles. The number of hydrogen-bond donors (Lipinski definition) is 1. The van der Waals surface area contributed by atoms with Crippen LogP contribution in [-0.4, -0.2) is 24.4 Å². The minimum atomic E-state index is -0.0938. The highest BCUT2D eigenvalue weighted by molar-refractivity contribution is 5.98. The van der Waals surface area contributed by atoms with Crippen LogP contribution in [0.2, 0.25) is 0 Å². The van der Waals surface area contributed by atoms with E-state index in [9.17, 15) is 9.59 Å². The highest BCUT2D eigenvalue weighted by atomic mass is 16.2. The number of fused-ring (bicyclic) bond motifs is 1. The first-order chi connectivity index (χ1) is 15.1. The van der Waals surface area contributed by atoms with Gasteiger partial charge in [-0.25, -0.2) is 0 Å². The molecule has 1 N–H and O–H groups in total. The molecule has 0 aromatic heterocycles. The van der Waals surface area contributed by atoms with Gasteiger partial charge in [-0.05, 0) is 48.2 Å². The number of rotatable bonds is 6. The van der Waals surface area contributed by atoms with Crippen LogP contribution in [0, 0.1) is 0 Å². The van der Waals surface area contributed by atoms with Crippen molar-refractivity contribution in [1.82, 2.24) is 5.32 Å². The molecule has 0 fully saturated rings. The van der Waals surface area contributed by atoms with Gasteiger partial charge in [-0.1, -0.05) is 67.6 Å². The summed E-state index contributed by atoms with van der Waals surface area (Å²) < 4.78 is 0. The zero-order valence-electron chi connectivity index (χ0n) is 18.0. The number of benzene rings is 3. The summed E-state index contributed by atoms with van der Waals surface area (Å²) in [5.41, 5.74) is 4.97. The Morgan fingerprint density at radius 3 is 2.13 bits per heavy atom. The Hall–Kier alpha value is -3.40. The first kappa shape index (κ1) is 20.9. The molecule has 4 rings (SSSR count). The molecule has 1 aliphatic rings. The molecule has 1 atom stereocenters. The van der Waals surface area contributed by atoms with Gasteiger partial charge in [0.15, 0.2) is 0 Å². The third kappa shape index (κ3) is 4.38. The smallest absolute Gasteiger partial charge is 0.251 e. The van der Waals surface area contributed by atoms with E-state index in [1.54, 1.807) is 0 Å². The molecule has 1 heterocycles. The maximum absolute atomic E-state index is 13.1. The van der Waals surface area contributed by atoms with Crippen molar-refractivity contribution in [2.75, 3.05) is 11.4 Å². The van der Waals surface area contributed by atoms with Gasteiger partial charge in [0, 0.05) is 36.2 Å². The maximum Gasteiger partial charge on any atom is 0.251 e. The Labute approximate surface area is 183 Å². The first-order valence-corrected chi connectivity index (χ1v) is 10.9. The summed E-state index contributed by atoms with van der Waals surface area (Å²) in [4.78, 5) is 27.1. The molecule has 31 heavy (non-hydrogen) atoms. The molecular weight excluding hydrogens is 384 g/mol. The summed E-state index contributed by atoms with van der Waals surface area (Å²) in [6, 6.07) is 26.1. The van der Waals surface area contributed by atoms with Crippen LogP contribution in [0.1, 0.15) is 53.2 Å². The van der Waals surface area contributed by atoms with E-state index in [1.165, 1.54) is 11.1 Å². The fraction of sp³-hybridized carbons (Fsp3) is 0.259. The molecule has 4 nitrogen and oxygen atoms in total. The Kier molecular flexibility index (Phi) is 6.17. The topological polar surface area (TPSA) is 49.4 Å². The minimum absolute atomic E-state index is 0.0541. The number of nitrogens with zero attached hydrogens (tertiary/aromatic N) is 1. The van der Waals surface area contributed by atoms with Crippen molar-refractivity contribution in [3.63, 3.8) is 0 Å². The first-order valence-electron chi connectivity index (χ1n) is 10.9. The Bertz CT molecular complexity index is 1020. The largest absolute Gasteiger partial charge is 0.349 e. The monoisotopic (exact) mass is 412 g/mol. The van der Waals surface area contributed by atoms with E-state index in [0.29, 0.717) is 18.5 Å². The quantitative estimate of drug-likeness (QED) is 0.624. The number of hydrogen-bond acceptors (Lipinski definition) is 2. The summed E-state index contributed by atoms with van der Waals surface area (Å²) in [5.74, 6) is 0.0870. The van der Waals surface area contributed by atoms with Crippen LogP contribution in [0.3, 0.4) is 0 Å². The molecule has 0 aliphatic carbocycles. The normalized spacial score (nSPS) is 13.7. The van der Waals surface area contributed by atoms with Crippen molar-refractivity contribution in [2.24, 2.45) is 0 Å². The van der Waals surface area contributed by atoms with Crippen molar-refractivity contribution in [3.05, 3.63) is 101 Å². The van der Waals surface area contributed by atoms with Gasteiger partial charge in [0.05, 0.1) is 0 Å². The van der Waals surface area contributed by atoms with Gasteiger partial charge in [0.2, 0.25) is 5.91 Å². The van der Waals surface area contributed by atoms with Crippen LogP contribution < -0.4 is 10.2 Å². The van der Waals surface area contributed by atoms with Crippen LogP contribution in [0.5, 0.6) is 0 Å². The molecule has 4 heteroatoms. The van der Waals surface area contributed by atoms with Gasteiger partial charge in [-0.2, -0.15) is 0 Å². The van der Waals surface area contributed by atoms with Gasteiger partial charge in [-0.3, -0.25) is 9.59 Å². The second-order valence-electron chi connectivity index (χ2n) is 8.05. The molecule has 0 saturated heterocycles. The highest BCUT2D eigenvalue weighted by Crippen LogP contribution is 2.31. The summed E-state index contributed by atoms with van der Waals surface area (Å²) in [5, 5.41) is 3.21. The van der Waals surface area contributed by atoms with E-state index in [4.69, 9.17) is 0 Å². The lowest BCUT2D eigenvalue weighted by Gasteiger charge is -2.26. The summed E-state index contributed by atoms with van der Waals surface area (Å²) in [6.07, 6.45) is 1.27. The van der Waals surface area contributed by atoms with E-state index in [2.05, 4.69) is 36.5 Å². The molecule has 1 aliphatic heterocycles. The van der Waals surface area contributed by atoms with E-state index < -0.39 is 0 Å². The molecule has 0 bridgehead atoms. The third-order valence-corrected chi connectivity index (χ3v) is 6.02. The van der Waals surface area contributed by atoms with Crippen molar-refractivity contribution in [1.29, 1.82) is 0 Å². The molecule has 0 spiro atoms. The van der Waals surface area contributed by atoms with E-state index in [0.717, 1.165) is 17.7 Å². The summed E-state index contributed by atoms with van der Waals surface area (Å²) >= 11 is 0. The van der Waals surface area contributed by atoms with E-state index in [-0.39, 0.29) is 23.8 Å². The molecule has 1 unspecified atom stereocenters. The van der Waals surface area contributed by atoms with Gasteiger partial charge in [0.1, 0.15) is 0 Å². The molecular formula is C27H28N2O2. The van der Waals surface area contributed by atoms with Crippen molar-refractivity contribution in [3.8, 4) is 0 Å². The standard InChI is InChI=1S/C27H28N2O2/c1-3-25(30)29-17-16-22-18-23(14-15-24(22)29)27(31)28-19(2)26(20-10-6-4-7-11-20)21-12-8-5-9-13-21/h4-15,18-19,26H,3,16-17H2,1-2H3,(H,28,31). The van der Waals surface area contributed by atoms with Crippen LogP contribution in [-0.2, 0) is 11.2 Å². The fourth-order valence-corrected chi connectivity index (χ4v) is 4.46. The average molecular weight is 413 g/mol.